The molecule has 1 aliphatic rings. The van der Waals surface area contributed by atoms with E-state index in [0.29, 0.717) is 34.2 Å². The van der Waals surface area contributed by atoms with Crippen LogP contribution < -0.4 is 10.1 Å². The second kappa shape index (κ2) is 7.32. The van der Waals surface area contributed by atoms with Crippen LogP contribution in [0.3, 0.4) is 0 Å². The summed E-state index contributed by atoms with van der Waals surface area (Å²) in [6, 6.07) is 16.9. The third-order valence-corrected chi connectivity index (χ3v) is 5.72. The number of nitrogens with one attached hydrogen (secondary N) is 1. The zero-order valence-corrected chi connectivity index (χ0v) is 15.6. The van der Waals surface area contributed by atoms with E-state index in [0.717, 1.165) is 11.3 Å². The third-order valence-electron chi connectivity index (χ3n) is 4.67. The molecule has 3 aromatic rings. The lowest BCUT2D eigenvalue weighted by atomic mass is 9.85. The topological polar surface area (TPSA) is 68.3 Å². The molecule has 2 aromatic carbocycles. The molecule has 136 valence electrons. The second-order valence-electron chi connectivity index (χ2n) is 6.42. The van der Waals surface area contributed by atoms with Gasteiger partial charge in [0.2, 0.25) is 0 Å². The lowest BCUT2D eigenvalue weighted by Gasteiger charge is -2.20. The Morgan fingerprint density at radius 3 is 2.56 bits per heavy atom. The summed E-state index contributed by atoms with van der Waals surface area (Å²) in [6.45, 7) is 0. The van der Waals surface area contributed by atoms with Gasteiger partial charge in [0, 0.05) is 12.0 Å². The number of methoxy groups -OCH3 is 1. The van der Waals surface area contributed by atoms with Gasteiger partial charge in [-0.05, 0) is 42.2 Å². The van der Waals surface area contributed by atoms with E-state index >= 15 is 0 Å². The van der Waals surface area contributed by atoms with Crippen LogP contribution in [0.4, 0.5) is 5.13 Å². The van der Waals surface area contributed by atoms with Gasteiger partial charge in [-0.15, -0.1) is 0 Å². The monoisotopic (exact) mass is 378 g/mol. The van der Waals surface area contributed by atoms with Gasteiger partial charge in [0.1, 0.15) is 5.75 Å². The number of Topliss-reactive ketones (excluding diaryl/α,β-unsaturated/α-hetero) is 1. The number of hydrogen-bond acceptors (Lipinski definition) is 5. The normalized spacial score (nSPS) is 15.9. The number of thiazole rings is 1. The van der Waals surface area contributed by atoms with Crippen LogP contribution in [0, 0.1) is 0 Å². The molecular formula is C21H18N2O3S. The predicted octanol–water partition coefficient (Wildman–Crippen LogP) is 4.32. The van der Waals surface area contributed by atoms with E-state index in [1.54, 1.807) is 31.4 Å². The zero-order chi connectivity index (χ0) is 18.8. The number of aromatic nitrogens is 1. The number of ether oxygens (including phenoxy) is 1. The van der Waals surface area contributed by atoms with E-state index in [9.17, 15) is 9.59 Å². The van der Waals surface area contributed by atoms with Crippen LogP contribution in [0.25, 0.3) is 0 Å². The number of nitrogens with zero attached hydrogens (tertiary/aromatic N) is 1. The van der Waals surface area contributed by atoms with Gasteiger partial charge in [-0.25, -0.2) is 4.98 Å². The molecule has 0 saturated carbocycles. The standard InChI is InChI=1S/C21H18N2O3S/c1-26-16-9-7-14(8-10-16)20(25)23-21-22-17-11-15(12-18(24)19(17)27-21)13-5-3-2-4-6-13/h2-10,15H,11-12H2,1H3,(H,22,23,25)/t15-/m1/s1. The van der Waals surface area contributed by atoms with Gasteiger partial charge in [0.15, 0.2) is 10.9 Å². The van der Waals surface area contributed by atoms with Crippen molar-refractivity contribution in [3.8, 4) is 5.75 Å². The molecule has 0 radical (unpaired) electrons. The van der Waals surface area contributed by atoms with Gasteiger partial charge >= 0.3 is 0 Å². The van der Waals surface area contributed by atoms with Crippen molar-refractivity contribution in [2.45, 2.75) is 18.8 Å². The molecule has 0 fully saturated rings. The SMILES string of the molecule is COc1ccc(C(=O)Nc2nc3c(s2)C(=O)C[C@H](c2ccccc2)C3)cc1. The van der Waals surface area contributed by atoms with Crippen LogP contribution in [0.15, 0.2) is 54.6 Å². The molecule has 0 unspecified atom stereocenters. The number of carbonyl (C=O) groups excluding carboxylic acids is 2. The molecular weight excluding hydrogens is 360 g/mol. The fourth-order valence-electron chi connectivity index (χ4n) is 3.26. The molecule has 1 heterocycles. The van der Waals surface area contributed by atoms with Crippen LogP contribution in [0.1, 0.15) is 43.6 Å². The van der Waals surface area contributed by atoms with Crippen molar-refractivity contribution in [1.29, 1.82) is 0 Å². The van der Waals surface area contributed by atoms with Gasteiger partial charge in [-0.2, -0.15) is 0 Å². The van der Waals surface area contributed by atoms with Crippen LogP contribution in [-0.4, -0.2) is 23.8 Å². The summed E-state index contributed by atoms with van der Waals surface area (Å²) in [5.74, 6) is 0.663. The molecule has 4 rings (SSSR count). The fraction of sp³-hybridized carbons (Fsp3) is 0.190. The van der Waals surface area contributed by atoms with Gasteiger partial charge < -0.3 is 4.74 Å². The number of rotatable bonds is 4. The van der Waals surface area contributed by atoms with E-state index in [1.807, 2.05) is 30.3 Å². The Kier molecular flexibility index (Phi) is 4.73. The van der Waals surface area contributed by atoms with Gasteiger partial charge in [-0.1, -0.05) is 41.7 Å². The molecule has 0 spiro atoms. The Hall–Kier alpha value is -2.99. The Bertz CT molecular complexity index is 980. The molecule has 1 aromatic heterocycles. The van der Waals surface area contributed by atoms with Crippen molar-refractivity contribution in [3.63, 3.8) is 0 Å². The minimum absolute atomic E-state index is 0.0903. The summed E-state index contributed by atoms with van der Waals surface area (Å²) in [4.78, 5) is 30.2. The van der Waals surface area contributed by atoms with Crippen molar-refractivity contribution in [2.24, 2.45) is 0 Å². The summed E-state index contributed by atoms with van der Waals surface area (Å²) in [5.41, 5.74) is 2.43. The smallest absolute Gasteiger partial charge is 0.257 e. The quantitative estimate of drug-likeness (QED) is 0.734. The predicted molar refractivity (Wildman–Crippen MR) is 105 cm³/mol. The second-order valence-corrected chi connectivity index (χ2v) is 7.42. The number of hydrogen-bond donors (Lipinski definition) is 1. The molecule has 27 heavy (non-hydrogen) atoms. The first kappa shape index (κ1) is 17.4. The van der Waals surface area contributed by atoms with Crippen LogP contribution in [0.2, 0.25) is 0 Å². The first-order valence-electron chi connectivity index (χ1n) is 8.67. The summed E-state index contributed by atoms with van der Waals surface area (Å²) >= 11 is 1.25. The Morgan fingerprint density at radius 2 is 1.85 bits per heavy atom. The lowest BCUT2D eigenvalue weighted by molar-refractivity contribution is 0.0967. The molecule has 1 atom stereocenters. The van der Waals surface area contributed by atoms with E-state index < -0.39 is 0 Å². The van der Waals surface area contributed by atoms with Crippen molar-refractivity contribution >= 4 is 28.2 Å². The van der Waals surface area contributed by atoms with Crippen molar-refractivity contribution in [2.75, 3.05) is 12.4 Å². The first-order chi connectivity index (χ1) is 13.1. The van der Waals surface area contributed by atoms with E-state index in [1.165, 1.54) is 11.3 Å². The van der Waals surface area contributed by atoms with Crippen LogP contribution in [-0.2, 0) is 6.42 Å². The first-order valence-corrected chi connectivity index (χ1v) is 9.49. The maximum atomic E-state index is 12.6. The van der Waals surface area contributed by atoms with Crippen molar-refractivity contribution in [1.82, 2.24) is 4.98 Å². The van der Waals surface area contributed by atoms with Gasteiger partial charge in [-0.3, -0.25) is 14.9 Å². The number of ketones is 1. The number of carbonyl (C=O) groups is 2. The fourth-order valence-corrected chi connectivity index (χ4v) is 4.19. The summed E-state index contributed by atoms with van der Waals surface area (Å²) in [5, 5.41) is 3.26. The Morgan fingerprint density at radius 1 is 1.11 bits per heavy atom. The van der Waals surface area contributed by atoms with Gasteiger partial charge in [0.25, 0.3) is 5.91 Å². The van der Waals surface area contributed by atoms with E-state index in [2.05, 4.69) is 10.3 Å². The Balaban J connectivity index is 1.52. The van der Waals surface area contributed by atoms with E-state index in [4.69, 9.17) is 4.74 Å². The van der Waals surface area contributed by atoms with Gasteiger partial charge in [0.05, 0.1) is 17.7 Å². The van der Waals surface area contributed by atoms with E-state index in [-0.39, 0.29) is 17.6 Å². The third kappa shape index (κ3) is 3.61. The largest absolute Gasteiger partial charge is 0.497 e. The molecule has 0 saturated heterocycles. The summed E-state index contributed by atoms with van der Waals surface area (Å²) < 4.78 is 5.10. The lowest BCUT2D eigenvalue weighted by Crippen LogP contribution is -2.17. The van der Waals surface area contributed by atoms with Crippen LogP contribution >= 0.6 is 11.3 Å². The zero-order valence-electron chi connectivity index (χ0n) is 14.8. The van der Waals surface area contributed by atoms with Crippen LogP contribution in [0.5, 0.6) is 5.75 Å². The summed E-state index contributed by atoms with van der Waals surface area (Å²) in [7, 11) is 1.58. The highest BCUT2D eigenvalue weighted by Crippen LogP contribution is 2.36. The average Bonchev–Trinajstić information content (AvgIpc) is 3.11. The minimum atomic E-state index is -0.254. The number of fused-ring (bicyclic) bond motifs is 1. The molecule has 1 aliphatic carbocycles. The molecule has 0 bridgehead atoms. The highest BCUT2D eigenvalue weighted by atomic mass is 32.1. The highest BCUT2D eigenvalue weighted by Gasteiger charge is 2.30. The molecule has 1 amide bonds. The van der Waals surface area contributed by atoms with Crippen molar-refractivity contribution in [3.05, 3.63) is 76.3 Å². The molecule has 5 nitrogen and oxygen atoms in total. The summed E-state index contributed by atoms with van der Waals surface area (Å²) in [6.07, 6.45) is 1.19. The number of anilines is 1. The maximum Gasteiger partial charge on any atom is 0.257 e. The number of benzene rings is 2. The highest BCUT2D eigenvalue weighted by molar-refractivity contribution is 7.17. The number of amides is 1. The van der Waals surface area contributed by atoms with Crippen molar-refractivity contribution < 1.29 is 14.3 Å². The Labute approximate surface area is 161 Å². The molecule has 1 N–H and O–H groups in total. The minimum Gasteiger partial charge on any atom is -0.497 e. The average molecular weight is 378 g/mol. The molecule has 0 aliphatic heterocycles. The molecule has 6 heteroatoms. The maximum absolute atomic E-state index is 12.6.